The number of aromatic nitrogens is 5. The van der Waals surface area contributed by atoms with Crippen molar-refractivity contribution in [2.24, 2.45) is 7.05 Å². The molecule has 0 bridgehead atoms. The first-order valence-corrected chi connectivity index (χ1v) is 11.3. The van der Waals surface area contributed by atoms with E-state index in [1.807, 2.05) is 31.8 Å². The van der Waals surface area contributed by atoms with E-state index in [0.717, 1.165) is 59.8 Å². The number of fused-ring (bicyclic) bond motifs is 1. The van der Waals surface area contributed by atoms with Crippen LogP contribution in [0, 0.1) is 11.3 Å². The summed E-state index contributed by atoms with van der Waals surface area (Å²) in [6.07, 6.45) is 11.4. The van der Waals surface area contributed by atoms with Gasteiger partial charge in [-0.1, -0.05) is 11.9 Å². The van der Waals surface area contributed by atoms with Crippen molar-refractivity contribution in [3.05, 3.63) is 54.7 Å². The number of aryl methyl sites for hydroxylation is 1. The Hall–Kier alpha value is -3.35. The number of anilines is 1. The Balaban J connectivity index is 1.54. The largest absolute Gasteiger partial charge is 0.354 e. The van der Waals surface area contributed by atoms with E-state index >= 15 is 0 Å². The van der Waals surface area contributed by atoms with Gasteiger partial charge in [-0.25, -0.2) is 13.8 Å². The zero-order valence-electron chi connectivity index (χ0n) is 17.4. The summed E-state index contributed by atoms with van der Waals surface area (Å²) in [4.78, 5) is 7.07. The van der Waals surface area contributed by atoms with Crippen LogP contribution in [0.25, 0.3) is 27.8 Å². The normalized spacial score (nSPS) is 14.8. The van der Waals surface area contributed by atoms with Crippen LogP contribution in [-0.4, -0.2) is 61.1 Å². The summed E-state index contributed by atoms with van der Waals surface area (Å²) in [5.74, 6) is 0.984. The van der Waals surface area contributed by atoms with E-state index in [2.05, 4.69) is 49.9 Å². The van der Waals surface area contributed by atoms with E-state index in [9.17, 15) is 5.26 Å². The highest BCUT2D eigenvalue weighted by molar-refractivity contribution is 7.96. The van der Waals surface area contributed by atoms with Gasteiger partial charge in [-0.15, -0.1) is 0 Å². The average molecular weight is 431 g/mol. The van der Waals surface area contributed by atoms with Gasteiger partial charge in [0.25, 0.3) is 0 Å². The number of piperazine rings is 1. The summed E-state index contributed by atoms with van der Waals surface area (Å²) < 4.78 is 5.91. The Morgan fingerprint density at radius 1 is 0.968 bits per heavy atom. The molecule has 0 unspecified atom stereocenters. The lowest BCUT2D eigenvalue weighted by Crippen LogP contribution is -2.43. The number of pyridine rings is 2. The van der Waals surface area contributed by atoms with Gasteiger partial charge in [-0.3, -0.25) is 4.68 Å². The standard InChI is InChI=1S/C22H22N8S/c1-27-14-19(13-25-27)17-9-20(22-18(10-23)12-26-30(22)15-17)16-3-4-21(24-11-16)28-5-7-29(31-2)8-6-28/h3-4,9,11-15H,5-8H2,1-2H3. The third kappa shape index (κ3) is 3.65. The van der Waals surface area contributed by atoms with Crippen LogP contribution < -0.4 is 4.90 Å². The van der Waals surface area contributed by atoms with Crippen LogP contribution in [0.5, 0.6) is 0 Å². The Morgan fingerprint density at radius 3 is 2.45 bits per heavy atom. The third-order valence-corrected chi connectivity index (χ3v) is 6.53. The van der Waals surface area contributed by atoms with E-state index < -0.39 is 0 Å². The molecule has 0 saturated carbocycles. The van der Waals surface area contributed by atoms with Gasteiger partial charge >= 0.3 is 0 Å². The number of hydrogen-bond donors (Lipinski definition) is 0. The average Bonchev–Trinajstić information content (AvgIpc) is 3.44. The second kappa shape index (κ2) is 8.06. The van der Waals surface area contributed by atoms with Gasteiger partial charge < -0.3 is 4.90 Å². The maximum absolute atomic E-state index is 9.60. The SMILES string of the molecule is CSN1CCN(c2ccc(-c3cc(-c4cnn(C)c4)cn4ncc(C#N)c34)cn2)CC1. The molecule has 1 saturated heterocycles. The van der Waals surface area contributed by atoms with Crippen LogP contribution in [0.15, 0.2) is 49.2 Å². The van der Waals surface area contributed by atoms with Gasteiger partial charge in [-0.05, 0) is 24.5 Å². The van der Waals surface area contributed by atoms with Gasteiger partial charge in [-0.2, -0.15) is 15.5 Å². The second-order valence-corrected chi connectivity index (χ2v) is 8.39. The van der Waals surface area contributed by atoms with E-state index in [4.69, 9.17) is 4.98 Å². The molecule has 0 N–H and O–H groups in total. The van der Waals surface area contributed by atoms with Crippen LogP contribution in [0.1, 0.15) is 5.56 Å². The first kappa shape index (κ1) is 19.6. The molecule has 8 nitrogen and oxygen atoms in total. The molecule has 0 aliphatic carbocycles. The molecule has 5 heterocycles. The lowest BCUT2D eigenvalue weighted by Gasteiger charge is -2.34. The molecule has 1 aliphatic rings. The van der Waals surface area contributed by atoms with Gasteiger partial charge in [0.05, 0.1) is 23.5 Å². The summed E-state index contributed by atoms with van der Waals surface area (Å²) in [5.41, 5.74) is 5.21. The molecule has 5 rings (SSSR count). The third-order valence-electron chi connectivity index (χ3n) is 5.65. The Bertz CT molecular complexity index is 1260. The van der Waals surface area contributed by atoms with E-state index in [1.165, 1.54) is 0 Å². The Kier molecular flexibility index (Phi) is 5.10. The molecular weight excluding hydrogens is 408 g/mol. The maximum Gasteiger partial charge on any atom is 0.128 e. The van der Waals surface area contributed by atoms with Crippen LogP contribution >= 0.6 is 11.9 Å². The van der Waals surface area contributed by atoms with Gasteiger partial charge in [0.15, 0.2) is 0 Å². The number of nitriles is 1. The highest BCUT2D eigenvalue weighted by atomic mass is 32.2. The molecule has 9 heteroatoms. The highest BCUT2D eigenvalue weighted by Crippen LogP contribution is 2.32. The monoisotopic (exact) mass is 430 g/mol. The summed E-state index contributed by atoms with van der Waals surface area (Å²) in [6, 6.07) is 8.50. The van der Waals surface area contributed by atoms with E-state index in [-0.39, 0.29) is 0 Å². The van der Waals surface area contributed by atoms with E-state index in [0.29, 0.717) is 5.56 Å². The van der Waals surface area contributed by atoms with Crippen molar-refractivity contribution in [1.29, 1.82) is 5.26 Å². The Labute approximate surface area is 184 Å². The molecule has 0 aromatic carbocycles. The predicted molar refractivity (Wildman–Crippen MR) is 123 cm³/mol. The number of nitrogens with zero attached hydrogens (tertiary/aromatic N) is 8. The molecule has 1 aliphatic heterocycles. The topological polar surface area (TPSA) is 78.3 Å². The molecule has 4 aromatic heterocycles. The smallest absolute Gasteiger partial charge is 0.128 e. The fraction of sp³-hybridized carbons (Fsp3) is 0.273. The van der Waals surface area contributed by atoms with Gasteiger partial charge in [0.1, 0.15) is 11.9 Å². The summed E-state index contributed by atoms with van der Waals surface area (Å²) in [5, 5.41) is 18.3. The van der Waals surface area contributed by atoms with Crippen LogP contribution in [0.3, 0.4) is 0 Å². The quantitative estimate of drug-likeness (QED) is 0.461. The predicted octanol–water partition coefficient (Wildman–Crippen LogP) is 3.07. The van der Waals surface area contributed by atoms with Crippen LogP contribution in [0.2, 0.25) is 0 Å². The molecular formula is C22H22N8S. The van der Waals surface area contributed by atoms with Crippen molar-refractivity contribution in [2.45, 2.75) is 0 Å². The van der Waals surface area contributed by atoms with Crippen molar-refractivity contribution in [3.8, 4) is 28.3 Å². The zero-order chi connectivity index (χ0) is 21.4. The lowest BCUT2D eigenvalue weighted by molar-refractivity contribution is 0.429. The molecule has 0 spiro atoms. The fourth-order valence-electron chi connectivity index (χ4n) is 3.98. The molecule has 1 fully saturated rings. The van der Waals surface area contributed by atoms with Crippen LogP contribution in [0.4, 0.5) is 5.82 Å². The minimum absolute atomic E-state index is 0.546. The highest BCUT2D eigenvalue weighted by Gasteiger charge is 2.18. The zero-order valence-corrected chi connectivity index (χ0v) is 18.2. The first-order chi connectivity index (χ1) is 15.2. The second-order valence-electron chi connectivity index (χ2n) is 7.51. The van der Waals surface area contributed by atoms with Gasteiger partial charge in [0, 0.05) is 74.1 Å². The van der Waals surface area contributed by atoms with Crippen molar-refractivity contribution in [2.75, 3.05) is 37.3 Å². The summed E-state index contributed by atoms with van der Waals surface area (Å²) in [7, 11) is 1.90. The molecule has 0 amide bonds. The van der Waals surface area contributed by atoms with Gasteiger partial charge in [0.2, 0.25) is 0 Å². The fourth-order valence-corrected chi connectivity index (χ4v) is 4.51. The van der Waals surface area contributed by atoms with Crippen molar-refractivity contribution in [3.63, 3.8) is 0 Å². The maximum atomic E-state index is 9.60. The van der Waals surface area contributed by atoms with Crippen molar-refractivity contribution >= 4 is 23.3 Å². The molecule has 0 atom stereocenters. The molecule has 4 aromatic rings. The van der Waals surface area contributed by atoms with Crippen LogP contribution in [-0.2, 0) is 7.05 Å². The molecule has 0 radical (unpaired) electrons. The minimum Gasteiger partial charge on any atom is -0.354 e. The van der Waals surface area contributed by atoms with Crippen molar-refractivity contribution < 1.29 is 0 Å². The number of hydrogen-bond acceptors (Lipinski definition) is 7. The summed E-state index contributed by atoms with van der Waals surface area (Å²) in [6.45, 7) is 3.99. The van der Waals surface area contributed by atoms with E-state index in [1.54, 1.807) is 27.3 Å². The molecule has 156 valence electrons. The first-order valence-electron chi connectivity index (χ1n) is 10.1. The summed E-state index contributed by atoms with van der Waals surface area (Å²) >= 11 is 1.79. The van der Waals surface area contributed by atoms with Crippen molar-refractivity contribution in [1.82, 2.24) is 28.7 Å². The number of rotatable bonds is 4. The minimum atomic E-state index is 0.546. The molecule has 31 heavy (non-hydrogen) atoms. The Morgan fingerprint density at radius 2 is 1.81 bits per heavy atom. The lowest BCUT2D eigenvalue weighted by atomic mass is 10.0.